The fourth-order valence-electron chi connectivity index (χ4n) is 1.32. The zero-order valence-electron chi connectivity index (χ0n) is 9.25. The maximum atomic E-state index is 11.7. The lowest BCUT2D eigenvalue weighted by Crippen LogP contribution is -2.11. The molecule has 0 atom stereocenters. The number of nitrogens with zero attached hydrogens (tertiary/aromatic N) is 1. The van der Waals surface area contributed by atoms with Crippen LogP contribution in [0.1, 0.15) is 20.2 Å². The van der Waals surface area contributed by atoms with Crippen LogP contribution in [0.15, 0.2) is 24.3 Å². The molecule has 0 spiro atoms. The standard InChI is InChI=1S/C10H7N3O5S/c14-9(5-1-3-7(11-5)13(17)18)12-8-4-2-6(19-8)10(15)16/h1-4,11H,(H,12,14)(H,15,16). The van der Waals surface area contributed by atoms with E-state index < -0.39 is 16.8 Å². The van der Waals surface area contributed by atoms with Crippen LogP contribution >= 0.6 is 11.3 Å². The largest absolute Gasteiger partial charge is 0.477 e. The van der Waals surface area contributed by atoms with Gasteiger partial charge in [0.1, 0.15) is 4.88 Å². The fraction of sp³-hybridized carbons (Fsp3) is 0. The third kappa shape index (κ3) is 2.77. The summed E-state index contributed by atoms with van der Waals surface area (Å²) < 4.78 is 0. The number of amides is 1. The van der Waals surface area contributed by atoms with Crippen molar-refractivity contribution >= 4 is 34.0 Å². The molecular weight excluding hydrogens is 274 g/mol. The van der Waals surface area contributed by atoms with Crippen LogP contribution in [0.25, 0.3) is 0 Å². The first-order valence-electron chi connectivity index (χ1n) is 4.95. The van der Waals surface area contributed by atoms with Gasteiger partial charge in [0, 0.05) is 6.07 Å². The first-order valence-corrected chi connectivity index (χ1v) is 5.77. The Morgan fingerprint density at radius 1 is 1.32 bits per heavy atom. The average Bonchev–Trinajstić information content (AvgIpc) is 2.96. The van der Waals surface area contributed by atoms with Gasteiger partial charge in [-0.25, -0.2) is 9.78 Å². The van der Waals surface area contributed by atoms with Crippen molar-refractivity contribution in [3.8, 4) is 0 Å². The van der Waals surface area contributed by atoms with E-state index in [2.05, 4.69) is 10.3 Å². The minimum atomic E-state index is -1.08. The van der Waals surface area contributed by atoms with Gasteiger partial charge in [0.05, 0.1) is 5.00 Å². The summed E-state index contributed by atoms with van der Waals surface area (Å²) in [6.07, 6.45) is 0. The van der Waals surface area contributed by atoms with E-state index in [0.717, 1.165) is 11.3 Å². The number of aromatic nitrogens is 1. The number of hydrogen-bond donors (Lipinski definition) is 3. The first kappa shape index (κ1) is 12.8. The van der Waals surface area contributed by atoms with Gasteiger partial charge in [-0.15, -0.1) is 11.3 Å². The minimum absolute atomic E-state index is 0.0250. The van der Waals surface area contributed by atoms with Crippen molar-refractivity contribution in [2.45, 2.75) is 0 Å². The van der Waals surface area contributed by atoms with Gasteiger partial charge in [0.15, 0.2) is 5.69 Å². The highest BCUT2D eigenvalue weighted by Crippen LogP contribution is 2.22. The molecule has 0 radical (unpaired) electrons. The highest BCUT2D eigenvalue weighted by Gasteiger charge is 2.16. The molecule has 0 aliphatic rings. The SMILES string of the molecule is O=C(Nc1ccc(C(=O)O)s1)c1ccc([N+](=O)[O-])[nH]1. The summed E-state index contributed by atoms with van der Waals surface area (Å²) in [6.45, 7) is 0. The van der Waals surface area contributed by atoms with Crippen LogP contribution in [0.4, 0.5) is 10.8 Å². The van der Waals surface area contributed by atoms with Crippen molar-refractivity contribution in [1.82, 2.24) is 4.98 Å². The number of aromatic amines is 1. The molecule has 0 aliphatic carbocycles. The molecule has 0 aliphatic heterocycles. The van der Waals surface area contributed by atoms with E-state index in [-0.39, 0.29) is 16.4 Å². The Morgan fingerprint density at radius 3 is 2.58 bits per heavy atom. The summed E-state index contributed by atoms with van der Waals surface area (Å²) in [6, 6.07) is 5.26. The van der Waals surface area contributed by atoms with E-state index in [0.29, 0.717) is 5.00 Å². The molecule has 0 bridgehead atoms. The molecule has 19 heavy (non-hydrogen) atoms. The van der Waals surface area contributed by atoms with Crippen molar-refractivity contribution in [2.24, 2.45) is 0 Å². The molecule has 0 unspecified atom stereocenters. The Bertz CT molecular complexity index is 660. The van der Waals surface area contributed by atoms with Gasteiger partial charge >= 0.3 is 11.8 Å². The maximum Gasteiger partial charge on any atom is 0.345 e. The molecule has 3 N–H and O–H groups in total. The molecule has 0 saturated heterocycles. The van der Waals surface area contributed by atoms with E-state index in [1.165, 1.54) is 24.3 Å². The Labute approximate surface area is 109 Å². The Hall–Kier alpha value is -2.68. The molecule has 2 heterocycles. The van der Waals surface area contributed by atoms with Crippen LogP contribution < -0.4 is 5.32 Å². The summed E-state index contributed by atoms with van der Waals surface area (Å²) in [5, 5.41) is 22.0. The summed E-state index contributed by atoms with van der Waals surface area (Å²) in [5.74, 6) is -1.95. The number of carbonyl (C=O) groups is 2. The molecule has 9 heteroatoms. The molecule has 0 aromatic carbocycles. The number of aromatic carboxylic acids is 1. The van der Waals surface area contributed by atoms with Gasteiger partial charge in [-0.3, -0.25) is 4.79 Å². The second kappa shape index (κ2) is 4.90. The third-order valence-electron chi connectivity index (χ3n) is 2.17. The number of carboxylic acids is 1. The van der Waals surface area contributed by atoms with Gasteiger partial charge in [-0.05, 0) is 23.1 Å². The Morgan fingerprint density at radius 2 is 2.05 bits per heavy atom. The van der Waals surface area contributed by atoms with Crippen molar-refractivity contribution in [3.63, 3.8) is 0 Å². The van der Waals surface area contributed by atoms with E-state index in [1.54, 1.807) is 0 Å². The summed E-state index contributed by atoms with van der Waals surface area (Å²) >= 11 is 0.898. The van der Waals surface area contributed by atoms with Crippen LogP contribution in [-0.2, 0) is 0 Å². The lowest BCUT2D eigenvalue weighted by molar-refractivity contribution is -0.389. The summed E-state index contributed by atoms with van der Waals surface area (Å²) in [5.41, 5.74) is 0.0250. The number of nitrogens with one attached hydrogen (secondary N) is 2. The lowest BCUT2D eigenvalue weighted by Gasteiger charge is -1.97. The molecule has 1 amide bonds. The molecule has 0 saturated carbocycles. The number of thiophene rings is 1. The molecule has 8 nitrogen and oxygen atoms in total. The van der Waals surface area contributed by atoms with Crippen molar-refractivity contribution in [3.05, 3.63) is 45.0 Å². The minimum Gasteiger partial charge on any atom is -0.477 e. The van der Waals surface area contributed by atoms with Gasteiger partial charge in [0.2, 0.25) is 0 Å². The molecule has 2 rings (SSSR count). The molecule has 2 aromatic heterocycles. The topological polar surface area (TPSA) is 125 Å². The van der Waals surface area contributed by atoms with Crippen LogP contribution in [0.2, 0.25) is 0 Å². The molecule has 98 valence electrons. The first-order chi connectivity index (χ1) is 8.97. The van der Waals surface area contributed by atoms with Gasteiger partial charge < -0.3 is 20.5 Å². The summed E-state index contributed by atoms with van der Waals surface area (Å²) in [4.78, 5) is 34.6. The second-order valence-electron chi connectivity index (χ2n) is 3.44. The van der Waals surface area contributed by atoms with Crippen LogP contribution in [0.3, 0.4) is 0 Å². The molecule has 2 aromatic rings. The number of rotatable bonds is 4. The normalized spacial score (nSPS) is 10.1. The monoisotopic (exact) mass is 281 g/mol. The number of H-pyrrole nitrogens is 1. The number of hydrogen-bond acceptors (Lipinski definition) is 5. The van der Waals surface area contributed by atoms with Gasteiger partial charge in [0.25, 0.3) is 5.91 Å². The van der Waals surface area contributed by atoms with Crippen LogP contribution in [0.5, 0.6) is 0 Å². The summed E-state index contributed by atoms with van der Waals surface area (Å²) in [7, 11) is 0. The van der Waals surface area contributed by atoms with Crippen LogP contribution in [0, 0.1) is 10.1 Å². The van der Waals surface area contributed by atoms with Gasteiger partial charge in [-0.2, -0.15) is 0 Å². The second-order valence-corrected chi connectivity index (χ2v) is 4.52. The van der Waals surface area contributed by atoms with Gasteiger partial charge in [-0.1, -0.05) is 0 Å². The number of anilines is 1. The Kier molecular flexibility index (Phi) is 3.29. The van der Waals surface area contributed by atoms with Crippen molar-refractivity contribution < 1.29 is 19.6 Å². The zero-order valence-corrected chi connectivity index (χ0v) is 10.1. The third-order valence-corrected chi connectivity index (χ3v) is 3.15. The quantitative estimate of drug-likeness (QED) is 0.583. The number of nitro groups is 1. The molecular formula is C10H7N3O5S. The average molecular weight is 281 g/mol. The highest BCUT2D eigenvalue weighted by atomic mass is 32.1. The van der Waals surface area contributed by atoms with E-state index in [1.807, 2.05) is 0 Å². The van der Waals surface area contributed by atoms with E-state index in [9.17, 15) is 19.7 Å². The number of carboxylic acid groups (broad SMARTS) is 1. The predicted molar refractivity (Wildman–Crippen MR) is 66.7 cm³/mol. The van der Waals surface area contributed by atoms with Crippen LogP contribution in [-0.4, -0.2) is 26.9 Å². The zero-order chi connectivity index (χ0) is 14.0. The van der Waals surface area contributed by atoms with E-state index in [4.69, 9.17) is 5.11 Å². The molecule has 0 fully saturated rings. The maximum absolute atomic E-state index is 11.7. The van der Waals surface area contributed by atoms with E-state index >= 15 is 0 Å². The smallest absolute Gasteiger partial charge is 0.345 e. The lowest BCUT2D eigenvalue weighted by atomic mass is 10.4. The highest BCUT2D eigenvalue weighted by molar-refractivity contribution is 7.18. The fourth-order valence-corrected chi connectivity index (χ4v) is 2.06. The van der Waals surface area contributed by atoms with Crippen molar-refractivity contribution in [2.75, 3.05) is 5.32 Å². The Balaban J connectivity index is 2.11. The predicted octanol–water partition coefficient (Wildman–Crippen LogP) is 1.93. The van der Waals surface area contributed by atoms with Crippen molar-refractivity contribution in [1.29, 1.82) is 0 Å². The number of carbonyl (C=O) groups excluding carboxylic acids is 1.